The van der Waals surface area contributed by atoms with E-state index in [0.717, 1.165) is 52.5 Å². The summed E-state index contributed by atoms with van der Waals surface area (Å²) in [6, 6.07) is 14.6. The molecule has 0 radical (unpaired) electrons. The van der Waals surface area contributed by atoms with Gasteiger partial charge in [0.05, 0.1) is 26.5 Å². The molecule has 0 saturated carbocycles. The van der Waals surface area contributed by atoms with Crippen LogP contribution in [0.4, 0.5) is 11.4 Å². The van der Waals surface area contributed by atoms with Crippen LogP contribution in [-0.4, -0.2) is 53.8 Å². The van der Waals surface area contributed by atoms with E-state index in [0.29, 0.717) is 6.61 Å². The number of rotatable bonds is 6. The number of hydrogen-bond acceptors (Lipinski definition) is 6. The number of ketones is 1. The van der Waals surface area contributed by atoms with Crippen molar-refractivity contribution in [3.05, 3.63) is 82.8 Å². The highest BCUT2D eigenvalue weighted by molar-refractivity contribution is 6.09. The molecule has 0 saturated heterocycles. The Bertz CT molecular complexity index is 1120. The normalized spacial score (nSPS) is 15.2. The fourth-order valence-corrected chi connectivity index (χ4v) is 4.26. The molecule has 6 nitrogen and oxygen atoms in total. The molecule has 6 heteroatoms. The van der Waals surface area contributed by atoms with Crippen LogP contribution in [0.5, 0.6) is 5.75 Å². The number of para-hydroxylation sites is 1. The fraction of sp³-hybridized carbons (Fsp3) is 0.296. The summed E-state index contributed by atoms with van der Waals surface area (Å²) in [6.45, 7) is 4.53. The Balaban J connectivity index is 2.00. The quantitative estimate of drug-likeness (QED) is 0.655. The predicted octanol–water partition coefficient (Wildman–Crippen LogP) is 4.42. The number of ether oxygens (including phenoxy) is 3. The second kappa shape index (κ2) is 9.45. The van der Waals surface area contributed by atoms with Gasteiger partial charge in [-0.1, -0.05) is 24.3 Å². The van der Waals surface area contributed by atoms with Gasteiger partial charge in [0.1, 0.15) is 6.61 Å². The maximum atomic E-state index is 12.6. The number of carbonyl (C=O) groups is 1. The smallest absolute Gasteiger partial charge is 0.261 e. The lowest BCUT2D eigenvalue weighted by Gasteiger charge is -2.32. The van der Waals surface area contributed by atoms with Gasteiger partial charge in [-0.2, -0.15) is 0 Å². The van der Waals surface area contributed by atoms with Crippen LogP contribution in [0, 0.1) is 0 Å². The Labute approximate surface area is 195 Å². The molecule has 0 amide bonds. The first kappa shape index (κ1) is 22.5. The second-order valence-electron chi connectivity index (χ2n) is 8.11. The van der Waals surface area contributed by atoms with Crippen LogP contribution in [0.15, 0.2) is 71.7 Å². The molecule has 2 aliphatic rings. The molecule has 2 aromatic carbocycles. The standard InChI is InChI=1S/C27H30N2O4/c1-6-29-14-15-33-27-21(8-7-9-22(27)29)25(18-10-12-20(13-11-18)28(2)3)19-16-23(31-4)26(30)24(17-19)32-5/h7-13,16-17H,6,14-15H2,1-5H3. The highest BCUT2D eigenvalue weighted by Crippen LogP contribution is 2.43. The molecular formula is C27H30N2O4. The number of anilines is 2. The first-order valence-corrected chi connectivity index (χ1v) is 11.1. The number of fused-ring (bicyclic) bond motifs is 1. The van der Waals surface area contributed by atoms with Gasteiger partial charge in [-0.3, -0.25) is 4.79 Å². The third-order valence-electron chi connectivity index (χ3n) is 6.02. The van der Waals surface area contributed by atoms with Gasteiger partial charge in [0.25, 0.3) is 5.78 Å². The molecule has 2 aromatic rings. The molecule has 4 rings (SSSR count). The van der Waals surface area contributed by atoms with Crippen molar-refractivity contribution in [1.82, 2.24) is 0 Å². The molecule has 33 heavy (non-hydrogen) atoms. The van der Waals surface area contributed by atoms with E-state index in [-0.39, 0.29) is 17.3 Å². The Morgan fingerprint density at radius 3 is 2.27 bits per heavy atom. The number of Topliss-reactive ketones (excluding diaryl/α,β-unsaturated/α-hetero) is 1. The van der Waals surface area contributed by atoms with Crippen LogP contribution in [0.1, 0.15) is 18.1 Å². The minimum absolute atomic E-state index is 0.243. The maximum absolute atomic E-state index is 12.6. The van der Waals surface area contributed by atoms with E-state index in [1.807, 2.05) is 14.1 Å². The Hall–Kier alpha value is -3.67. The highest BCUT2D eigenvalue weighted by Gasteiger charge is 2.27. The topological polar surface area (TPSA) is 51.2 Å². The first-order valence-electron chi connectivity index (χ1n) is 11.1. The van der Waals surface area contributed by atoms with Gasteiger partial charge in [-0.15, -0.1) is 0 Å². The average Bonchev–Trinajstić information content (AvgIpc) is 2.85. The zero-order valence-corrected chi connectivity index (χ0v) is 19.8. The van der Waals surface area contributed by atoms with Gasteiger partial charge >= 0.3 is 0 Å². The molecule has 172 valence electrons. The minimum Gasteiger partial charge on any atom is -0.492 e. The summed E-state index contributed by atoms with van der Waals surface area (Å²) in [7, 11) is 7.03. The van der Waals surface area contributed by atoms with Crippen LogP contribution in [0.2, 0.25) is 0 Å². The summed E-state index contributed by atoms with van der Waals surface area (Å²) in [5.74, 6) is 1.07. The van der Waals surface area contributed by atoms with Crippen LogP contribution < -0.4 is 14.5 Å². The van der Waals surface area contributed by atoms with Crippen molar-refractivity contribution in [1.29, 1.82) is 0 Å². The van der Waals surface area contributed by atoms with Crippen molar-refractivity contribution in [3.8, 4) is 5.75 Å². The van der Waals surface area contributed by atoms with Gasteiger partial charge in [0.2, 0.25) is 0 Å². The first-order chi connectivity index (χ1) is 16.0. The molecule has 0 bridgehead atoms. The van der Waals surface area contributed by atoms with Crippen LogP contribution in [-0.2, 0) is 14.3 Å². The molecule has 0 atom stereocenters. The van der Waals surface area contributed by atoms with Gasteiger partial charge in [-0.25, -0.2) is 0 Å². The lowest BCUT2D eigenvalue weighted by molar-refractivity contribution is -0.117. The van der Waals surface area contributed by atoms with Gasteiger partial charge < -0.3 is 24.0 Å². The summed E-state index contributed by atoms with van der Waals surface area (Å²) in [5.41, 5.74) is 5.92. The van der Waals surface area contributed by atoms with Crippen molar-refractivity contribution >= 4 is 22.7 Å². The second-order valence-corrected chi connectivity index (χ2v) is 8.11. The van der Waals surface area contributed by atoms with E-state index < -0.39 is 0 Å². The average molecular weight is 447 g/mol. The van der Waals surface area contributed by atoms with Crippen molar-refractivity contribution in [3.63, 3.8) is 0 Å². The highest BCUT2D eigenvalue weighted by atomic mass is 16.5. The van der Waals surface area contributed by atoms with Gasteiger partial charge in [-0.05, 0) is 48.4 Å². The Morgan fingerprint density at radius 1 is 1.03 bits per heavy atom. The number of benzene rings is 2. The zero-order chi connectivity index (χ0) is 23.5. The van der Waals surface area contributed by atoms with E-state index in [1.165, 1.54) is 14.2 Å². The van der Waals surface area contributed by atoms with Gasteiger partial charge in [0, 0.05) is 37.5 Å². The number of likely N-dealkylation sites (N-methyl/N-ethyl adjacent to an activating group) is 1. The largest absolute Gasteiger partial charge is 0.492 e. The van der Waals surface area contributed by atoms with E-state index in [4.69, 9.17) is 14.2 Å². The minimum atomic E-state index is -0.269. The van der Waals surface area contributed by atoms with E-state index in [9.17, 15) is 4.79 Å². The predicted molar refractivity (Wildman–Crippen MR) is 132 cm³/mol. The molecule has 0 spiro atoms. The molecule has 1 heterocycles. The van der Waals surface area contributed by atoms with E-state index >= 15 is 0 Å². The number of allylic oxidation sites excluding steroid dienone is 3. The molecule has 1 aliphatic carbocycles. The van der Waals surface area contributed by atoms with Crippen molar-refractivity contribution < 1.29 is 19.0 Å². The Morgan fingerprint density at radius 2 is 1.70 bits per heavy atom. The van der Waals surface area contributed by atoms with Crippen LogP contribution in [0.25, 0.3) is 5.57 Å². The summed E-state index contributed by atoms with van der Waals surface area (Å²) in [4.78, 5) is 17.0. The fourth-order valence-electron chi connectivity index (χ4n) is 4.26. The molecule has 0 fully saturated rings. The van der Waals surface area contributed by atoms with Crippen LogP contribution >= 0.6 is 0 Å². The zero-order valence-electron chi connectivity index (χ0n) is 19.8. The summed E-state index contributed by atoms with van der Waals surface area (Å²) < 4.78 is 17.0. The maximum Gasteiger partial charge on any atom is 0.261 e. The van der Waals surface area contributed by atoms with Crippen LogP contribution in [0.3, 0.4) is 0 Å². The van der Waals surface area contributed by atoms with Crippen molar-refractivity contribution in [2.45, 2.75) is 6.92 Å². The SMILES string of the molecule is CCN1CCOc2c(C(=C3C=C(OC)C(=O)C(OC)=C3)c3ccc(N(C)C)cc3)cccc21. The number of methoxy groups -OCH3 is 2. The number of nitrogens with zero attached hydrogens (tertiary/aromatic N) is 2. The monoisotopic (exact) mass is 446 g/mol. The summed E-state index contributed by atoms with van der Waals surface area (Å²) in [5, 5.41) is 0. The number of carbonyl (C=O) groups excluding carboxylic acids is 1. The third-order valence-corrected chi connectivity index (χ3v) is 6.02. The third kappa shape index (κ3) is 4.21. The Kier molecular flexibility index (Phi) is 6.45. The molecule has 0 aromatic heterocycles. The van der Waals surface area contributed by atoms with Crippen molar-refractivity contribution in [2.24, 2.45) is 0 Å². The van der Waals surface area contributed by atoms with E-state index in [2.05, 4.69) is 59.2 Å². The summed E-state index contributed by atoms with van der Waals surface area (Å²) in [6.07, 6.45) is 3.56. The molecule has 0 N–H and O–H groups in total. The van der Waals surface area contributed by atoms with Crippen molar-refractivity contribution in [2.75, 3.05) is 57.8 Å². The summed E-state index contributed by atoms with van der Waals surface area (Å²) >= 11 is 0. The molecule has 1 aliphatic heterocycles. The van der Waals surface area contributed by atoms with E-state index in [1.54, 1.807) is 12.2 Å². The molecular weight excluding hydrogens is 416 g/mol. The lowest BCUT2D eigenvalue weighted by Crippen LogP contribution is -2.32. The van der Waals surface area contributed by atoms with Gasteiger partial charge in [0.15, 0.2) is 17.3 Å². The number of hydrogen-bond donors (Lipinski definition) is 0. The lowest BCUT2D eigenvalue weighted by atomic mass is 9.89. The molecule has 0 unspecified atom stereocenters.